The number of ether oxygens (including phenoxy) is 1. The number of benzene rings is 2. The van der Waals surface area contributed by atoms with Crippen molar-refractivity contribution in [2.75, 3.05) is 6.61 Å². The first kappa shape index (κ1) is 23.2. The van der Waals surface area contributed by atoms with E-state index < -0.39 is 7.28 Å². The number of nitrogens with zero attached hydrogens (tertiary/aromatic N) is 1. The molecule has 1 aromatic heterocycles. The largest absolute Gasteiger partial charge is 0.494 e. The van der Waals surface area contributed by atoms with Crippen molar-refractivity contribution in [2.24, 2.45) is 4.74 Å². The minimum atomic E-state index is -2.66. The first-order valence-electron chi connectivity index (χ1n) is 9.71. The summed E-state index contributed by atoms with van der Waals surface area (Å²) < 4.78 is 25.5. The van der Waals surface area contributed by atoms with Crippen molar-refractivity contribution in [2.45, 2.75) is 39.8 Å². The van der Waals surface area contributed by atoms with E-state index in [1.807, 2.05) is 68.4 Å². The van der Waals surface area contributed by atoms with Crippen LogP contribution >= 0.6 is 39.1 Å². The van der Waals surface area contributed by atoms with Crippen molar-refractivity contribution in [1.82, 2.24) is 0 Å². The smallest absolute Gasteiger partial charge is 0.207 e. The monoisotopic (exact) mass is 553 g/mol. The molecule has 0 spiro atoms. The van der Waals surface area contributed by atoms with Gasteiger partial charge in [0.2, 0.25) is 7.28 Å². The molecule has 0 bridgehead atoms. The first-order valence-corrected chi connectivity index (χ1v) is 13.0. The first-order chi connectivity index (χ1) is 14.1. The summed E-state index contributed by atoms with van der Waals surface area (Å²) in [4.78, 5) is 0. The van der Waals surface area contributed by atoms with E-state index in [-0.39, 0.29) is 5.16 Å². The molecule has 3 rings (SSSR count). The van der Waals surface area contributed by atoms with Gasteiger partial charge >= 0.3 is 0 Å². The highest BCUT2D eigenvalue weighted by Gasteiger charge is 2.42. The maximum Gasteiger partial charge on any atom is 0.207 e. The van der Waals surface area contributed by atoms with E-state index in [0.717, 1.165) is 37.4 Å². The van der Waals surface area contributed by atoms with E-state index in [9.17, 15) is 0 Å². The van der Waals surface area contributed by atoms with Gasteiger partial charge in [0.15, 0.2) is 5.50 Å². The van der Waals surface area contributed by atoms with E-state index in [1.165, 1.54) is 0 Å². The molecule has 7 heteroatoms. The molecule has 30 heavy (non-hydrogen) atoms. The summed E-state index contributed by atoms with van der Waals surface area (Å²) in [5, 5.41) is -0.317. The summed E-state index contributed by atoms with van der Waals surface area (Å²) >= 11 is 7.14. The number of hydrogen-bond donors (Lipinski definition) is 0. The predicted molar refractivity (Wildman–Crippen MR) is 132 cm³/mol. The zero-order valence-electron chi connectivity index (χ0n) is 17.8. The van der Waals surface area contributed by atoms with E-state index in [2.05, 4.69) is 52.6 Å². The van der Waals surface area contributed by atoms with Crippen LogP contribution < -0.4 is 14.8 Å². The van der Waals surface area contributed by atoms with Crippen LogP contribution in [-0.4, -0.2) is 11.8 Å². The molecule has 0 radical (unpaired) electrons. The Hall–Kier alpha value is -1.49. The summed E-state index contributed by atoms with van der Waals surface area (Å²) in [6.07, 6.45) is 0. The Morgan fingerprint density at radius 3 is 2.23 bits per heavy atom. The zero-order valence-corrected chi connectivity index (χ0v) is 21.8. The highest BCUT2D eigenvalue weighted by atomic mass is 79.9. The van der Waals surface area contributed by atoms with E-state index in [0.29, 0.717) is 6.61 Å². The van der Waals surface area contributed by atoms with Crippen LogP contribution in [0.1, 0.15) is 33.5 Å². The van der Waals surface area contributed by atoms with Gasteiger partial charge in [-0.25, -0.2) is 4.74 Å². The lowest BCUT2D eigenvalue weighted by Crippen LogP contribution is -2.26. The molecule has 160 valence electrons. The molecule has 4 nitrogen and oxygen atoms in total. The van der Waals surface area contributed by atoms with Crippen LogP contribution in [-0.2, 0) is 0 Å². The molecule has 0 unspecified atom stereocenters. The molecule has 0 aliphatic rings. The average Bonchev–Trinajstić information content (AvgIpc) is 3.10. The van der Waals surface area contributed by atoms with Gasteiger partial charge in [-0.3, -0.25) is 0 Å². The Balaban J connectivity index is 2.22. The van der Waals surface area contributed by atoms with Crippen molar-refractivity contribution in [3.05, 3.63) is 69.3 Å². The van der Waals surface area contributed by atoms with Crippen molar-refractivity contribution >= 4 is 50.3 Å². The van der Waals surface area contributed by atoms with Crippen molar-refractivity contribution in [3.8, 4) is 11.5 Å². The highest BCUT2D eigenvalue weighted by molar-refractivity contribution is 9.11. The maximum atomic E-state index is 6.79. The Morgan fingerprint density at radius 2 is 1.70 bits per heavy atom. The van der Waals surface area contributed by atoms with Gasteiger partial charge in [-0.1, -0.05) is 36.7 Å². The van der Waals surface area contributed by atoms with Crippen molar-refractivity contribution < 1.29 is 13.7 Å². The van der Waals surface area contributed by atoms with Gasteiger partial charge in [0.1, 0.15) is 17.3 Å². The molecule has 0 saturated carbocycles. The molecule has 0 saturated heterocycles. The summed E-state index contributed by atoms with van der Waals surface area (Å²) in [6, 6.07) is 17.6. The summed E-state index contributed by atoms with van der Waals surface area (Å²) in [6.45, 7) is 11.0. The van der Waals surface area contributed by atoms with Crippen LogP contribution in [0.4, 0.5) is 5.69 Å². The van der Waals surface area contributed by atoms with Gasteiger partial charge in [0, 0.05) is 9.63 Å². The lowest BCUT2D eigenvalue weighted by atomic mass is 10.3. The number of furan rings is 1. The van der Waals surface area contributed by atoms with Crippen molar-refractivity contribution in [1.29, 1.82) is 0 Å². The zero-order chi connectivity index (χ0) is 21.9. The molecular formula is C23H26Br2NO3P. The standard InChI is InChI=1S/C23H26Br2NO3P/c1-6-27-19-11-9-18(10-12-19)26-30(23(3,4)5,22-14-7-16(2)28-22)29-21-13-8-17(24)15-20(21)25/h7-15H,6H2,1-5H3/t30-/m0/s1. The van der Waals surface area contributed by atoms with Gasteiger partial charge in [0.05, 0.1) is 16.8 Å². The average molecular weight is 555 g/mol. The summed E-state index contributed by atoms with van der Waals surface area (Å²) in [5.41, 5.74) is 1.58. The van der Waals surface area contributed by atoms with Gasteiger partial charge in [0.25, 0.3) is 0 Å². The van der Waals surface area contributed by atoms with E-state index in [1.54, 1.807) is 0 Å². The number of aryl methyl sites for hydroxylation is 1. The quantitative estimate of drug-likeness (QED) is 0.287. The van der Waals surface area contributed by atoms with Gasteiger partial charge in [-0.2, -0.15) is 0 Å². The lowest BCUT2D eigenvalue weighted by molar-refractivity contribution is 0.340. The predicted octanol–water partition coefficient (Wildman–Crippen LogP) is 8.46. The molecule has 2 aromatic carbocycles. The Kier molecular flexibility index (Phi) is 7.21. The van der Waals surface area contributed by atoms with Crippen LogP contribution in [0.15, 0.2) is 72.7 Å². The van der Waals surface area contributed by atoms with Gasteiger partial charge in [-0.15, -0.1) is 0 Å². The molecule has 0 fully saturated rings. The number of rotatable bonds is 6. The molecule has 0 aliphatic carbocycles. The number of halogens is 2. The molecule has 0 aliphatic heterocycles. The fraction of sp³-hybridized carbons (Fsp3) is 0.304. The van der Waals surface area contributed by atoms with Crippen LogP contribution in [0.25, 0.3) is 0 Å². The third-order valence-electron chi connectivity index (χ3n) is 4.46. The molecule has 1 heterocycles. The minimum Gasteiger partial charge on any atom is -0.494 e. The van der Waals surface area contributed by atoms with E-state index >= 15 is 0 Å². The van der Waals surface area contributed by atoms with Gasteiger partial charge < -0.3 is 13.7 Å². The topological polar surface area (TPSA) is 44.0 Å². The molecule has 0 N–H and O–H groups in total. The molecular weight excluding hydrogens is 529 g/mol. The Morgan fingerprint density at radius 1 is 1.00 bits per heavy atom. The second kappa shape index (κ2) is 9.33. The fourth-order valence-corrected chi connectivity index (χ4v) is 7.11. The SMILES string of the molecule is CCOc1ccc(N=[P@](Oc2ccc(Br)cc2Br)(c2ccc(C)o2)C(C)(C)C)cc1. The normalized spacial score (nSPS) is 13.6. The number of hydrogen-bond acceptors (Lipinski definition) is 4. The fourth-order valence-electron chi connectivity index (χ4n) is 2.95. The Labute approximate surface area is 195 Å². The molecule has 0 amide bonds. The third-order valence-corrected chi connectivity index (χ3v) is 9.21. The Bertz CT molecular complexity index is 1070. The third kappa shape index (κ3) is 5.04. The second-order valence-corrected chi connectivity index (χ2v) is 12.9. The van der Waals surface area contributed by atoms with Crippen LogP contribution in [0.5, 0.6) is 11.5 Å². The molecule has 3 aromatic rings. The second-order valence-electron chi connectivity index (χ2n) is 7.82. The van der Waals surface area contributed by atoms with Gasteiger partial charge in [-0.05, 0) is 84.4 Å². The van der Waals surface area contributed by atoms with Crippen LogP contribution in [0.3, 0.4) is 0 Å². The van der Waals surface area contributed by atoms with Crippen LogP contribution in [0, 0.1) is 6.92 Å². The van der Waals surface area contributed by atoms with Crippen molar-refractivity contribution in [3.63, 3.8) is 0 Å². The summed E-state index contributed by atoms with van der Waals surface area (Å²) in [7, 11) is -2.66. The van der Waals surface area contributed by atoms with Crippen LogP contribution in [0.2, 0.25) is 0 Å². The molecule has 1 atom stereocenters. The maximum absolute atomic E-state index is 6.79. The van der Waals surface area contributed by atoms with E-state index in [4.69, 9.17) is 18.4 Å². The highest BCUT2D eigenvalue weighted by Crippen LogP contribution is 2.62. The minimum absolute atomic E-state index is 0.317. The lowest BCUT2D eigenvalue weighted by Gasteiger charge is -2.35. The summed E-state index contributed by atoms with van der Waals surface area (Å²) in [5.74, 6) is 2.38.